The Morgan fingerprint density at radius 3 is 2.73 bits per heavy atom. The van der Waals surface area contributed by atoms with E-state index in [-0.39, 0.29) is 5.82 Å². The van der Waals surface area contributed by atoms with E-state index < -0.39 is 0 Å². The number of rotatable bonds is 3. The first kappa shape index (κ1) is 13.5. The largest absolute Gasteiger partial charge is 0.304 e. The molecule has 1 aromatic carbocycles. The Morgan fingerprint density at radius 1 is 1.18 bits per heavy atom. The summed E-state index contributed by atoms with van der Waals surface area (Å²) in [6.45, 7) is 3.93. The van der Waals surface area contributed by atoms with Crippen molar-refractivity contribution in [1.82, 2.24) is 14.3 Å². The van der Waals surface area contributed by atoms with Crippen molar-refractivity contribution in [2.24, 2.45) is 0 Å². The van der Waals surface area contributed by atoms with Crippen LogP contribution in [0.1, 0.15) is 29.5 Å². The molecule has 22 heavy (non-hydrogen) atoms. The van der Waals surface area contributed by atoms with Crippen LogP contribution in [0, 0.1) is 12.7 Å². The Morgan fingerprint density at radius 2 is 2.00 bits per heavy atom. The summed E-state index contributed by atoms with van der Waals surface area (Å²) in [4.78, 5) is 7.12. The third-order valence-electron chi connectivity index (χ3n) is 4.54. The number of pyridine rings is 1. The molecule has 0 aliphatic carbocycles. The molecule has 0 amide bonds. The van der Waals surface area contributed by atoms with Crippen LogP contribution < -0.4 is 0 Å². The number of benzene rings is 1. The highest BCUT2D eigenvalue weighted by Gasteiger charge is 2.30. The molecule has 3 heterocycles. The zero-order valence-corrected chi connectivity index (χ0v) is 12.5. The summed E-state index contributed by atoms with van der Waals surface area (Å²) >= 11 is 0. The molecule has 112 valence electrons. The SMILES string of the molecule is Cc1nc(CN2CC[C@H]2c2ccc(F)cc2)c2ccccn12. The van der Waals surface area contributed by atoms with Gasteiger partial charge in [0.2, 0.25) is 0 Å². The van der Waals surface area contributed by atoms with Crippen molar-refractivity contribution >= 4 is 5.52 Å². The summed E-state index contributed by atoms with van der Waals surface area (Å²) < 4.78 is 15.2. The molecule has 0 bridgehead atoms. The molecule has 0 spiro atoms. The minimum atomic E-state index is -0.176. The number of hydrogen-bond acceptors (Lipinski definition) is 2. The van der Waals surface area contributed by atoms with E-state index >= 15 is 0 Å². The first-order chi connectivity index (χ1) is 10.7. The lowest BCUT2D eigenvalue weighted by Gasteiger charge is -2.41. The Balaban J connectivity index is 1.59. The number of hydrogen-bond donors (Lipinski definition) is 0. The minimum absolute atomic E-state index is 0.176. The van der Waals surface area contributed by atoms with Crippen molar-refractivity contribution in [1.29, 1.82) is 0 Å². The Bertz CT molecular complexity index is 807. The number of fused-ring (bicyclic) bond motifs is 1. The highest BCUT2D eigenvalue weighted by molar-refractivity contribution is 5.53. The van der Waals surface area contributed by atoms with Crippen molar-refractivity contribution in [3.63, 3.8) is 0 Å². The van der Waals surface area contributed by atoms with Crippen molar-refractivity contribution in [3.05, 3.63) is 71.6 Å². The third-order valence-corrected chi connectivity index (χ3v) is 4.54. The van der Waals surface area contributed by atoms with E-state index in [1.54, 1.807) is 12.1 Å². The lowest BCUT2D eigenvalue weighted by Crippen LogP contribution is -2.40. The molecule has 4 rings (SSSR count). The maximum Gasteiger partial charge on any atom is 0.123 e. The monoisotopic (exact) mass is 295 g/mol. The molecule has 1 aliphatic rings. The fourth-order valence-corrected chi connectivity index (χ4v) is 3.27. The van der Waals surface area contributed by atoms with Crippen LogP contribution in [0.4, 0.5) is 4.39 Å². The maximum atomic E-state index is 13.1. The molecule has 4 heteroatoms. The summed E-state index contributed by atoms with van der Waals surface area (Å²) in [5, 5.41) is 0. The highest BCUT2D eigenvalue weighted by atomic mass is 19.1. The summed E-state index contributed by atoms with van der Waals surface area (Å²) in [5.41, 5.74) is 3.47. The Labute approximate surface area is 129 Å². The molecule has 1 atom stereocenters. The normalized spacial score (nSPS) is 18.5. The van der Waals surface area contributed by atoms with Crippen LogP contribution in [0.15, 0.2) is 48.7 Å². The molecule has 3 nitrogen and oxygen atoms in total. The quantitative estimate of drug-likeness (QED) is 0.734. The molecule has 1 aliphatic heterocycles. The standard InChI is InChI=1S/C18H18FN3/c1-13-20-16(18-4-2-3-10-22(13)18)12-21-11-9-17(21)14-5-7-15(19)8-6-14/h2-8,10,17H,9,11-12H2,1H3/t17-/m0/s1. The number of halogens is 1. The molecular weight excluding hydrogens is 277 g/mol. The average Bonchev–Trinajstić information content (AvgIpc) is 2.83. The zero-order chi connectivity index (χ0) is 15.1. The topological polar surface area (TPSA) is 20.5 Å². The van der Waals surface area contributed by atoms with E-state index in [1.165, 1.54) is 11.1 Å². The molecule has 0 unspecified atom stereocenters. The number of likely N-dealkylation sites (tertiary alicyclic amines) is 1. The number of aryl methyl sites for hydroxylation is 1. The molecule has 1 saturated heterocycles. The summed E-state index contributed by atoms with van der Waals surface area (Å²) in [6, 6.07) is 13.4. The van der Waals surface area contributed by atoms with Gasteiger partial charge in [-0.2, -0.15) is 0 Å². The molecule has 0 N–H and O–H groups in total. The average molecular weight is 295 g/mol. The first-order valence-corrected chi connectivity index (χ1v) is 7.64. The van der Waals surface area contributed by atoms with Gasteiger partial charge in [0.15, 0.2) is 0 Å². The van der Waals surface area contributed by atoms with Gasteiger partial charge in [0, 0.05) is 25.3 Å². The van der Waals surface area contributed by atoms with E-state index in [0.29, 0.717) is 6.04 Å². The van der Waals surface area contributed by atoms with Crippen LogP contribution in [0.25, 0.3) is 5.52 Å². The van der Waals surface area contributed by atoms with Gasteiger partial charge in [0.25, 0.3) is 0 Å². The van der Waals surface area contributed by atoms with Gasteiger partial charge in [-0.3, -0.25) is 4.90 Å². The van der Waals surface area contributed by atoms with Crippen molar-refractivity contribution in [2.75, 3.05) is 6.54 Å². The van der Waals surface area contributed by atoms with Crippen LogP contribution in [-0.2, 0) is 6.54 Å². The second-order valence-electron chi connectivity index (χ2n) is 5.89. The summed E-state index contributed by atoms with van der Waals surface area (Å²) in [5.74, 6) is 0.842. The molecule has 0 radical (unpaired) electrons. The lowest BCUT2D eigenvalue weighted by atomic mass is 9.94. The van der Waals surface area contributed by atoms with Gasteiger partial charge in [-0.15, -0.1) is 0 Å². The van der Waals surface area contributed by atoms with Gasteiger partial charge < -0.3 is 4.40 Å². The molecule has 3 aromatic rings. The molecule has 2 aromatic heterocycles. The Kier molecular flexibility index (Phi) is 3.19. The van der Waals surface area contributed by atoms with E-state index in [9.17, 15) is 4.39 Å². The number of nitrogens with zero attached hydrogens (tertiary/aromatic N) is 3. The highest BCUT2D eigenvalue weighted by Crippen LogP contribution is 2.34. The van der Waals surface area contributed by atoms with Gasteiger partial charge in [0.1, 0.15) is 11.6 Å². The third kappa shape index (κ3) is 2.20. The maximum absolute atomic E-state index is 13.1. The van der Waals surface area contributed by atoms with Gasteiger partial charge in [0.05, 0.1) is 11.2 Å². The predicted molar refractivity (Wildman–Crippen MR) is 84.1 cm³/mol. The predicted octanol–water partition coefficient (Wildman–Crippen LogP) is 3.73. The molecule has 1 fully saturated rings. The van der Waals surface area contributed by atoms with Gasteiger partial charge in [-0.25, -0.2) is 9.37 Å². The first-order valence-electron chi connectivity index (χ1n) is 7.64. The van der Waals surface area contributed by atoms with Gasteiger partial charge in [-0.05, 0) is 43.2 Å². The van der Waals surface area contributed by atoms with E-state index in [2.05, 4.69) is 21.6 Å². The van der Waals surface area contributed by atoms with Crippen molar-refractivity contribution in [2.45, 2.75) is 25.9 Å². The fraction of sp³-hybridized carbons (Fsp3) is 0.278. The summed E-state index contributed by atoms with van der Waals surface area (Å²) in [7, 11) is 0. The van der Waals surface area contributed by atoms with Crippen LogP contribution in [0.3, 0.4) is 0 Å². The lowest BCUT2D eigenvalue weighted by molar-refractivity contribution is 0.0810. The smallest absolute Gasteiger partial charge is 0.123 e. The van der Waals surface area contributed by atoms with Crippen LogP contribution in [-0.4, -0.2) is 20.8 Å². The van der Waals surface area contributed by atoms with E-state index in [1.807, 2.05) is 31.2 Å². The van der Waals surface area contributed by atoms with Gasteiger partial charge >= 0.3 is 0 Å². The zero-order valence-electron chi connectivity index (χ0n) is 12.5. The minimum Gasteiger partial charge on any atom is -0.304 e. The van der Waals surface area contributed by atoms with Crippen LogP contribution in [0.2, 0.25) is 0 Å². The second kappa shape index (κ2) is 5.21. The van der Waals surface area contributed by atoms with Crippen LogP contribution in [0.5, 0.6) is 0 Å². The van der Waals surface area contributed by atoms with E-state index in [4.69, 9.17) is 4.98 Å². The summed E-state index contributed by atoms with van der Waals surface area (Å²) in [6.07, 6.45) is 3.17. The second-order valence-corrected chi connectivity index (χ2v) is 5.89. The Hall–Kier alpha value is -2.20. The van der Waals surface area contributed by atoms with Crippen molar-refractivity contribution < 1.29 is 4.39 Å². The number of imidazole rings is 1. The number of aromatic nitrogens is 2. The van der Waals surface area contributed by atoms with Gasteiger partial charge in [-0.1, -0.05) is 18.2 Å². The van der Waals surface area contributed by atoms with E-state index in [0.717, 1.165) is 31.0 Å². The fourth-order valence-electron chi connectivity index (χ4n) is 3.27. The molecular formula is C18H18FN3. The van der Waals surface area contributed by atoms with Crippen molar-refractivity contribution in [3.8, 4) is 0 Å². The van der Waals surface area contributed by atoms with Crippen LogP contribution >= 0.6 is 0 Å². The molecule has 0 saturated carbocycles.